The highest BCUT2D eigenvalue weighted by atomic mass is 16.2. The molecule has 0 saturated carbocycles. The first-order chi connectivity index (χ1) is 14.8. The lowest BCUT2D eigenvalue weighted by molar-refractivity contribution is 0.185. The molecule has 30 heavy (non-hydrogen) atoms. The number of rotatable bonds is 8. The third-order valence-corrected chi connectivity index (χ3v) is 5.45. The highest BCUT2D eigenvalue weighted by Gasteiger charge is 2.53. The molecule has 2 aromatic carbocycles. The molecule has 1 aliphatic heterocycles. The van der Waals surface area contributed by atoms with Gasteiger partial charge in [-0.2, -0.15) is 0 Å². The zero-order chi connectivity index (χ0) is 20.8. The van der Waals surface area contributed by atoms with Crippen LogP contribution in [-0.2, 0) is 12.1 Å². The van der Waals surface area contributed by atoms with Crippen molar-refractivity contribution in [3.05, 3.63) is 90.5 Å². The van der Waals surface area contributed by atoms with E-state index in [-0.39, 0.29) is 6.03 Å². The Morgan fingerprint density at radius 2 is 1.67 bits per heavy atom. The van der Waals surface area contributed by atoms with Crippen LogP contribution < -0.4 is 5.32 Å². The fourth-order valence-electron chi connectivity index (χ4n) is 4.13. The van der Waals surface area contributed by atoms with Gasteiger partial charge in [-0.3, -0.25) is 10.3 Å². The van der Waals surface area contributed by atoms with Crippen LogP contribution in [0.1, 0.15) is 30.9 Å². The van der Waals surface area contributed by atoms with Gasteiger partial charge < -0.3 is 9.47 Å². The summed E-state index contributed by atoms with van der Waals surface area (Å²) in [7, 11) is 0. The lowest BCUT2D eigenvalue weighted by Gasteiger charge is -2.38. The Morgan fingerprint density at radius 1 is 1.00 bits per heavy atom. The number of carbonyl (C=O) groups excluding carboxylic acids is 1. The number of hydrogen-bond donors (Lipinski definition) is 1. The number of amides is 2. The van der Waals surface area contributed by atoms with E-state index in [9.17, 15) is 4.79 Å². The molecule has 2 heterocycles. The maximum atomic E-state index is 13.2. The van der Waals surface area contributed by atoms with Crippen LogP contribution in [0.25, 0.3) is 0 Å². The first-order valence-electron chi connectivity index (χ1n) is 10.5. The summed E-state index contributed by atoms with van der Waals surface area (Å²) in [5.41, 5.74) is 1.31. The van der Waals surface area contributed by atoms with Gasteiger partial charge >= 0.3 is 6.03 Å². The normalized spacial score (nSPS) is 16.8. The second kappa shape index (κ2) is 8.95. The highest BCUT2D eigenvalue weighted by molar-refractivity contribution is 6.12. The second-order valence-electron chi connectivity index (χ2n) is 7.41. The van der Waals surface area contributed by atoms with Crippen molar-refractivity contribution in [2.24, 2.45) is 4.99 Å². The molecule has 6 heteroatoms. The number of benzene rings is 2. The summed E-state index contributed by atoms with van der Waals surface area (Å²) < 4.78 is 2.03. The average Bonchev–Trinajstić information content (AvgIpc) is 3.40. The Labute approximate surface area is 177 Å². The molecule has 1 aromatic heterocycles. The van der Waals surface area contributed by atoms with Gasteiger partial charge in [-0.15, -0.1) is 0 Å². The minimum absolute atomic E-state index is 0.108. The molecule has 0 atom stereocenters. The maximum absolute atomic E-state index is 13.2. The summed E-state index contributed by atoms with van der Waals surface area (Å²) in [6.45, 7) is 4.15. The molecular weight excluding hydrogens is 374 g/mol. The molecule has 2 amide bonds. The molecule has 6 nitrogen and oxygen atoms in total. The summed E-state index contributed by atoms with van der Waals surface area (Å²) in [5, 5.41) is 3.09. The van der Waals surface area contributed by atoms with Crippen LogP contribution in [0.4, 0.5) is 4.79 Å². The predicted molar refractivity (Wildman–Crippen MR) is 118 cm³/mol. The standard InChI is InChI=1S/C24H27N5O/c1-2-14-26-22-24(20-10-5-3-6-11-20,21-12-7-4-8-13-21)29(23(30)27-22)17-9-16-28-18-15-25-19-28/h3-8,10-13,15,18-19H,2,9,14,16-17H2,1H3,(H,26,27,30). The molecular formula is C24H27N5O. The van der Waals surface area contributed by atoms with Gasteiger partial charge in [0.15, 0.2) is 5.54 Å². The topological polar surface area (TPSA) is 62.5 Å². The number of aryl methyl sites for hydroxylation is 1. The number of imidazole rings is 1. The summed E-state index contributed by atoms with van der Waals surface area (Å²) >= 11 is 0. The number of amidine groups is 1. The van der Waals surface area contributed by atoms with Crippen LogP contribution in [0.3, 0.4) is 0 Å². The largest absolute Gasteiger partial charge is 0.337 e. The van der Waals surface area contributed by atoms with Crippen molar-refractivity contribution in [2.75, 3.05) is 13.1 Å². The van der Waals surface area contributed by atoms with Crippen LogP contribution in [-0.4, -0.2) is 39.4 Å². The van der Waals surface area contributed by atoms with Crippen LogP contribution in [0, 0.1) is 0 Å². The molecule has 1 fully saturated rings. The second-order valence-corrected chi connectivity index (χ2v) is 7.41. The van der Waals surface area contributed by atoms with Gasteiger partial charge in [-0.1, -0.05) is 67.6 Å². The molecule has 0 radical (unpaired) electrons. The fourth-order valence-corrected chi connectivity index (χ4v) is 4.13. The maximum Gasteiger partial charge on any atom is 0.324 e. The Morgan fingerprint density at radius 3 is 2.23 bits per heavy atom. The van der Waals surface area contributed by atoms with Crippen molar-refractivity contribution < 1.29 is 4.79 Å². The molecule has 0 bridgehead atoms. The van der Waals surface area contributed by atoms with Crippen LogP contribution in [0.15, 0.2) is 84.4 Å². The van der Waals surface area contributed by atoms with Crippen molar-refractivity contribution in [1.29, 1.82) is 0 Å². The van der Waals surface area contributed by atoms with Gasteiger partial charge in [0.25, 0.3) is 0 Å². The number of aromatic nitrogens is 2. The fraction of sp³-hybridized carbons (Fsp3) is 0.292. The van der Waals surface area contributed by atoms with E-state index in [1.807, 2.05) is 52.1 Å². The summed E-state index contributed by atoms with van der Waals surface area (Å²) in [6.07, 6.45) is 7.25. The van der Waals surface area contributed by atoms with E-state index in [0.717, 1.165) is 30.5 Å². The zero-order valence-corrected chi connectivity index (χ0v) is 17.2. The lowest BCUT2D eigenvalue weighted by atomic mass is 9.81. The van der Waals surface area contributed by atoms with Gasteiger partial charge in [-0.05, 0) is 24.0 Å². The molecule has 4 rings (SSSR count). The van der Waals surface area contributed by atoms with E-state index >= 15 is 0 Å². The number of nitrogens with zero attached hydrogens (tertiary/aromatic N) is 4. The van der Waals surface area contributed by atoms with Crippen molar-refractivity contribution in [1.82, 2.24) is 19.8 Å². The molecule has 0 spiro atoms. The third-order valence-electron chi connectivity index (χ3n) is 5.45. The molecule has 0 unspecified atom stereocenters. The van der Waals surface area contributed by atoms with Crippen molar-refractivity contribution in [3.8, 4) is 0 Å². The predicted octanol–water partition coefficient (Wildman–Crippen LogP) is 4.05. The van der Waals surface area contributed by atoms with Gasteiger partial charge in [0.2, 0.25) is 0 Å². The van der Waals surface area contributed by atoms with Crippen molar-refractivity contribution >= 4 is 11.9 Å². The lowest BCUT2D eigenvalue weighted by Crippen LogP contribution is -2.48. The number of aliphatic imine (C=N–C) groups is 1. The Bertz CT molecular complexity index is 943. The van der Waals surface area contributed by atoms with E-state index in [2.05, 4.69) is 41.5 Å². The Hall–Kier alpha value is -3.41. The van der Waals surface area contributed by atoms with Crippen LogP contribution in [0.5, 0.6) is 0 Å². The number of carbonyl (C=O) groups is 1. The molecule has 1 saturated heterocycles. The van der Waals surface area contributed by atoms with E-state index < -0.39 is 5.54 Å². The average molecular weight is 402 g/mol. The molecule has 3 aromatic rings. The minimum atomic E-state index is -0.760. The quantitative estimate of drug-likeness (QED) is 0.619. The SMILES string of the molecule is CCCN=C1NC(=O)N(CCCn2ccnc2)C1(c1ccccc1)c1ccccc1. The molecule has 0 aliphatic carbocycles. The van der Waals surface area contributed by atoms with Gasteiger partial charge in [-0.25, -0.2) is 9.78 Å². The third kappa shape index (κ3) is 3.61. The molecule has 1 aliphatic rings. The Balaban J connectivity index is 1.80. The number of urea groups is 1. The smallest absolute Gasteiger partial charge is 0.324 e. The molecule has 1 N–H and O–H groups in total. The number of hydrogen-bond acceptors (Lipinski definition) is 3. The van der Waals surface area contributed by atoms with Crippen LogP contribution >= 0.6 is 0 Å². The van der Waals surface area contributed by atoms with E-state index in [1.165, 1.54) is 0 Å². The van der Waals surface area contributed by atoms with Crippen molar-refractivity contribution in [2.45, 2.75) is 31.8 Å². The van der Waals surface area contributed by atoms with Gasteiger partial charge in [0.1, 0.15) is 5.84 Å². The van der Waals surface area contributed by atoms with Crippen molar-refractivity contribution in [3.63, 3.8) is 0 Å². The summed E-state index contributed by atoms with van der Waals surface area (Å²) in [4.78, 5) is 24.1. The van der Waals surface area contributed by atoms with Gasteiger partial charge in [0, 0.05) is 32.0 Å². The van der Waals surface area contributed by atoms with Gasteiger partial charge in [0.05, 0.1) is 6.33 Å². The van der Waals surface area contributed by atoms with E-state index in [0.29, 0.717) is 18.9 Å². The van der Waals surface area contributed by atoms with E-state index in [1.54, 1.807) is 12.5 Å². The summed E-state index contributed by atoms with van der Waals surface area (Å²) in [6, 6.07) is 20.3. The van der Waals surface area contributed by atoms with Crippen LogP contribution in [0.2, 0.25) is 0 Å². The monoisotopic (exact) mass is 401 g/mol. The Kier molecular flexibility index (Phi) is 5.93. The molecule has 154 valence electrons. The zero-order valence-electron chi connectivity index (χ0n) is 17.2. The minimum Gasteiger partial charge on any atom is -0.337 e. The first kappa shape index (κ1) is 19.9. The first-order valence-corrected chi connectivity index (χ1v) is 10.5. The number of nitrogens with one attached hydrogen (secondary N) is 1. The highest BCUT2D eigenvalue weighted by Crippen LogP contribution is 2.40. The summed E-state index contributed by atoms with van der Waals surface area (Å²) in [5.74, 6) is 0.703. The van der Waals surface area contributed by atoms with E-state index in [4.69, 9.17) is 4.99 Å².